The van der Waals surface area contributed by atoms with Crippen molar-refractivity contribution in [1.29, 1.82) is 0 Å². The first kappa shape index (κ1) is 20.7. The Hall–Kier alpha value is -1.59. The largest absolute Gasteiger partial charge is 0.352 e. The first-order valence-corrected chi connectivity index (χ1v) is 9.74. The van der Waals surface area contributed by atoms with Gasteiger partial charge in [-0.05, 0) is 46.0 Å². The average molecular weight is 380 g/mol. The number of nitrogens with one attached hydrogen (secondary N) is 2. The fraction of sp³-hybridized carbons (Fsp3) is 0.600. The van der Waals surface area contributed by atoms with E-state index in [9.17, 15) is 9.59 Å². The lowest BCUT2D eigenvalue weighted by molar-refractivity contribution is -0.123. The molecule has 26 heavy (non-hydrogen) atoms. The van der Waals surface area contributed by atoms with Gasteiger partial charge in [0, 0.05) is 12.1 Å². The third-order valence-electron chi connectivity index (χ3n) is 5.43. The number of hydrogen-bond donors (Lipinski definition) is 2. The molecule has 144 valence electrons. The van der Waals surface area contributed by atoms with Crippen LogP contribution in [0.25, 0.3) is 0 Å². The van der Waals surface area contributed by atoms with Crippen LogP contribution in [0.1, 0.15) is 55.8 Å². The second-order valence-electron chi connectivity index (χ2n) is 7.43. The van der Waals surface area contributed by atoms with Crippen molar-refractivity contribution in [3.63, 3.8) is 0 Å². The molecule has 1 aliphatic carbocycles. The number of rotatable bonds is 6. The van der Waals surface area contributed by atoms with Gasteiger partial charge in [-0.25, -0.2) is 0 Å². The quantitative estimate of drug-likeness (QED) is 0.746. The lowest BCUT2D eigenvalue weighted by atomic mass is 9.88. The highest BCUT2D eigenvalue weighted by Crippen LogP contribution is 2.30. The molecule has 0 bridgehead atoms. The van der Waals surface area contributed by atoms with E-state index in [1.807, 2.05) is 0 Å². The van der Waals surface area contributed by atoms with Crippen LogP contribution >= 0.6 is 11.6 Å². The number of carbonyl (C=O) groups is 2. The Morgan fingerprint density at radius 3 is 2.35 bits per heavy atom. The molecule has 0 unspecified atom stereocenters. The number of carbonyl (C=O) groups excluding carboxylic acids is 2. The molecular formula is C20H30ClN3O2. The van der Waals surface area contributed by atoms with Crippen LogP contribution in [0.3, 0.4) is 0 Å². The highest BCUT2D eigenvalue weighted by atomic mass is 35.5. The molecule has 6 heteroatoms. The third kappa shape index (κ3) is 5.21. The fourth-order valence-electron chi connectivity index (χ4n) is 3.56. The van der Waals surface area contributed by atoms with Crippen LogP contribution in [-0.2, 0) is 4.79 Å². The molecule has 0 saturated heterocycles. The summed E-state index contributed by atoms with van der Waals surface area (Å²) < 4.78 is 0. The zero-order valence-corrected chi connectivity index (χ0v) is 16.7. The van der Waals surface area contributed by atoms with Gasteiger partial charge in [-0.2, -0.15) is 0 Å². The Bertz CT molecular complexity index is 625. The molecule has 0 radical (unpaired) electrons. The normalized spacial score (nSPS) is 18.0. The molecule has 1 aromatic rings. The van der Waals surface area contributed by atoms with Gasteiger partial charge in [0.25, 0.3) is 5.91 Å². The molecular weight excluding hydrogens is 350 g/mol. The van der Waals surface area contributed by atoms with Crippen LogP contribution in [0, 0.1) is 0 Å². The Kier molecular flexibility index (Phi) is 7.47. The van der Waals surface area contributed by atoms with Crippen molar-refractivity contribution < 1.29 is 9.59 Å². The Balaban J connectivity index is 1.93. The van der Waals surface area contributed by atoms with E-state index in [2.05, 4.69) is 29.6 Å². The lowest BCUT2D eigenvalue weighted by Gasteiger charge is -2.40. The first-order chi connectivity index (χ1) is 12.4. The number of nitrogens with zero attached hydrogens (tertiary/aromatic N) is 1. The number of likely N-dealkylation sites (N-methyl/N-ethyl adjacent to an activating group) is 1. The Labute approximate surface area is 161 Å². The predicted octanol–water partition coefficient (Wildman–Crippen LogP) is 3.23. The van der Waals surface area contributed by atoms with Crippen molar-refractivity contribution in [3.8, 4) is 0 Å². The second-order valence-corrected chi connectivity index (χ2v) is 7.83. The first-order valence-electron chi connectivity index (χ1n) is 9.36. The second kappa shape index (κ2) is 9.38. The molecule has 0 aliphatic heterocycles. The van der Waals surface area contributed by atoms with Gasteiger partial charge in [0.05, 0.1) is 10.6 Å². The zero-order valence-electron chi connectivity index (χ0n) is 16.0. The summed E-state index contributed by atoms with van der Waals surface area (Å²) in [6.07, 6.45) is 7.06. The molecule has 0 spiro atoms. The van der Waals surface area contributed by atoms with Gasteiger partial charge in [-0.15, -0.1) is 0 Å². The number of hydrogen-bond acceptors (Lipinski definition) is 3. The van der Waals surface area contributed by atoms with Crippen molar-refractivity contribution in [2.75, 3.05) is 20.6 Å². The van der Waals surface area contributed by atoms with Gasteiger partial charge in [-0.1, -0.05) is 49.4 Å². The monoisotopic (exact) mass is 379 g/mol. The van der Waals surface area contributed by atoms with Gasteiger partial charge < -0.3 is 15.5 Å². The SMILES string of the molecule is C[C@H](NC(=O)c1ccccc1Cl)C(=O)NCC1(N(C)C)CCCCCC1. The molecule has 2 rings (SSSR count). The summed E-state index contributed by atoms with van der Waals surface area (Å²) in [5.74, 6) is -0.508. The van der Waals surface area contributed by atoms with E-state index < -0.39 is 6.04 Å². The van der Waals surface area contributed by atoms with E-state index in [0.29, 0.717) is 17.1 Å². The molecule has 0 heterocycles. The fourth-order valence-corrected chi connectivity index (χ4v) is 3.78. The molecule has 2 amide bonds. The number of amides is 2. The van der Waals surface area contributed by atoms with E-state index in [1.54, 1.807) is 31.2 Å². The summed E-state index contributed by atoms with van der Waals surface area (Å²) in [4.78, 5) is 27.1. The topological polar surface area (TPSA) is 61.4 Å². The van der Waals surface area contributed by atoms with Crippen LogP contribution in [-0.4, -0.2) is 48.9 Å². The van der Waals surface area contributed by atoms with Crippen molar-refractivity contribution in [1.82, 2.24) is 15.5 Å². The Morgan fingerprint density at radius 1 is 1.15 bits per heavy atom. The maximum Gasteiger partial charge on any atom is 0.253 e. The van der Waals surface area contributed by atoms with E-state index >= 15 is 0 Å². The van der Waals surface area contributed by atoms with E-state index in [0.717, 1.165) is 12.8 Å². The third-order valence-corrected chi connectivity index (χ3v) is 5.76. The summed E-state index contributed by atoms with van der Waals surface area (Å²) in [5, 5.41) is 6.15. The minimum absolute atomic E-state index is 0.00136. The van der Waals surface area contributed by atoms with Crippen molar-refractivity contribution >= 4 is 23.4 Å². The summed E-state index contributed by atoms with van der Waals surface area (Å²) in [5.41, 5.74) is 0.376. The molecule has 0 aromatic heterocycles. The molecule has 1 saturated carbocycles. The lowest BCUT2D eigenvalue weighted by Crippen LogP contribution is -2.55. The van der Waals surface area contributed by atoms with Crippen LogP contribution < -0.4 is 10.6 Å². The van der Waals surface area contributed by atoms with Crippen molar-refractivity contribution in [3.05, 3.63) is 34.9 Å². The van der Waals surface area contributed by atoms with Crippen molar-refractivity contribution in [2.24, 2.45) is 0 Å². The van der Waals surface area contributed by atoms with E-state index in [1.165, 1.54) is 25.7 Å². The molecule has 1 aromatic carbocycles. The van der Waals surface area contributed by atoms with Gasteiger partial charge in [-0.3, -0.25) is 9.59 Å². The number of halogens is 1. The summed E-state index contributed by atoms with van der Waals surface area (Å²) in [7, 11) is 4.17. The van der Waals surface area contributed by atoms with Gasteiger partial charge in [0.1, 0.15) is 6.04 Å². The van der Waals surface area contributed by atoms with Crippen LogP contribution in [0.2, 0.25) is 5.02 Å². The Morgan fingerprint density at radius 2 is 1.77 bits per heavy atom. The molecule has 1 fully saturated rings. The predicted molar refractivity (Wildman–Crippen MR) is 106 cm³/mol. The van der Waals surface area contributed by atoms with E-state index in [-0.39, 0.29) is 17.4 Å². The van der Waals surface area contributed by atoms with Crippen LogP contribution in [0.5, 0.6) is 0 Å². The molecule has 1 aliphatic rings. The minimum Gasteiger partial charge on any atom is -0.352 e. The summed E-state index contributed by atoms with van der Waals surface area (Å²) in [6.45, 7) is 2.30. The van der Waals surface area contributed by atoms with Crippen LogP contribution in [0.15, 0.2) is 24.3 Å². The van der Waals surface area contributed by atoms with Crippen molar-refractivity contribution in [2.45, 2.75) is 57.0 Å². The average Bonchev–Trinajstić information content (AvgIpc) is 2.86. The highest BCUT2D eigenvalue weighted by molar-refractivity contribution is 6.33. The summed E-state index contributed by atoms with van der Waals surface area (Å²) >= 11 is 6.05. The van der Waals surface area contributed by atoms with Gasteiger partial charge in [0.15, 0.2) is 0 Å². The molecule has 2 N–H and O–H groups in total. The number of benzene rings is 1. The standard InChI is InChI=1S/C20H30ClN3O2/c1-15(23-19(26)16-10-6-7-11-17(16)21)18(25)22-14-20(24(2)3)12-8-4-5-9-13-20/h6-7,10-11,15H,4-5,8-9,12-14H2,1-3H3,(H,22,25)(H,23,26)/t15-/m0/s1. The summed E-state index contributed by atoms with van der Waals surface area (Å²) in [6, 6.07) is 6.20. The molecule has 5 nitrogen and oxygen atoms in total. The van der Waals surface area contributed by atoms with Gasteiger partial charge >= 0.3 is 0 Å². The van der Waals surface area contributed by atoms with E-state index in [4.69, 9.17) is 11.6 Å². The highest BCUT2D eigenvalue weighted by Gasteiger charge is 2.34. The minimum atomic E-state index is -0.622. The smallest absolute Gasteiger partial charge is 0.253 e. The maximum absolute atomic E-state index is 12.5. The molecule has 1 atom stereocenters. The maximum atomic E-state index is 12.5. The van der Waals surface area contributed by atoms with Gasteiger partial charge in [0.2, 0.25) is 5.91 Å². The van der Waals surface area contributed by atoms with Crippen LogP contribution in [0.4, 0.5) is 0 Å². The zero-order chi connectivity index (χ0) is 19.2.